The first-order valence-electron chi connectivity index (χ1n) is 7.95. The van der Waals surface area contributed by atoms with Gasteiger partial charge in [0.2, 0.25) is 0 Å². The number of carbonyl (C=O) groups is 1. The van der Waals surface area contributed by atoms with Gasteiger partial charge in [0.15, 0.2) is 0 Å². The number of aromatic nitrogens is 1. The molecule has 3 rings (SSSR count). The molecule has 0 unspecified atom stereocenters. The fourth-order valence-corrected chi connectivity index (χ4v) is 2.76. The maximum atomic E-state index is 12.5. The van der Waals surface area contributed by atoms with Crippen molar-refractivity contribution in [2.45, 2.75) is 12.8 Å². The summed E-state index contributed by atoms with van der Waals surface area (Å²) in [6.07, 6.45) is 3.76. The molecular formula is C18H21N3O3. The van der Waals surface area contributed by atoms with E-state index in [1.807, 2.05) is 23.1 Å². The topological polar surface area (TPSA) is 63.7 Å². The number of anilines is 2. The lowest BCUT2D eigenvalue weighted by Crippen LogP contribution is -2.28. The molecule has 1 aliphatic rings. The van der Waals surface area contributed by atoms with Crippen molar-refractivity contribution < 1.29 is 14.3 Å². The molecule has 0 bridgehead atoms. The Labute approximate surface area is 141 Å². The largest absolute Gasteiger partial charge is 0.497 e. The molecule has 0 radical (unpaired) electrons. The van der Waals surface area contributed by atoms with Crippen LogP contribution in [0.1, 0.15) is 23.3 Å². The number of rotatable bonds is 5. The van der Waals surface area contributed by atoms with Gasteiger partial charge >= 0.3 is 0 Å². The molecule has 1 amide bonds. The third-order valence-corrected chi connectivity index (χ3v) is 4.06. The van der Waals surface area contributed by atoms with Crippen molar-refractivity contribution >= 4 is 17.3 Å². The molecule has 1 N–H and O–H groups in total. The number of benzene rings is 1. The molecule has 6 nitrogen and oxygen atoms in total. The lowest BCUT2D eigenvalue weighted by atomic mass is 10.2. The summed E-state index contributed by atoms with van der Waals surface area (Å²) in [6.45, 7) is 1.62. The van der Waals surface area contributed by atoms with Gasteiger partial charge in [-0.2, -0.15) is 0 Å². The van der Waals surface area contributed by atoms with Crippen LogP contribution in [-0.4, -0.2) is 43.1 Å². The molecule has 2 heterocycles. The van der Waals surface area contributed by atoms with Gasteiger partial charge in [0.25, 0.3) is 5.91 Å². The molecule has 0 spiro atoms. The number of nitrogens with one attached hydrogen (secondary N) is 1. The number of likely N-dealkylation sites (tertiary alicyclic amines) is 1. The number of ether oxygens (including phenoxy) is 2. The Balaban J connectivity index is 1.81. The fourth-order valence-electron chi connectivity index (χ4n) is 2.76. The molecule has 0 atom stereocenters. The smallest absolute Gasteiger partial charge is 0.272 e. The molecule has 1 aliphatic heterocycles. The lowest BCUT2D eigenvalue weighted by molar-refractivity contribution is 0.0787. The molecule has 126 valence electrons. The summed E-state index contributed by atoms with van der Waals surface area (Å²) < 4.78 is 10.6. The molecule has 24 heavy (non-hydrogen) atoms. The summed E-state index contributed by atoms with van der Waals surface area (Å²) in [6, 6.07) is 9.12. The second-order valence-electron chi connectivity index (χ2n) is 5.62. The molecular weight excluding hydrogens is 306 g/mol. The first-order valence-corrected chi connectivity index (χ1v) is 7.95. The quantitative estimate of drug-likeness (QED) is 0.914. The zero-order valence-electron chi connectivity index (χ0n) is 13.9. The van der Waals surface area contributed by atoms with Crippen LogP contribution in [0.25, 0.3) is 0 Å². The lowest BCUT2D eigenvalue weighted by Gasteiger charge is -2.16. The maximum absolute atomic E-state index is 12.5. The first-order chi connectivity index (χ1) is 11.7. The van der Waals surface area contributed by atoms with Crippen LogP contribution < -0.4 is 14.8 Å². The van der Waals surface area contributed by atoms with Crippen LogP contribution >= 0.6 is 0 Å². The van der Waals surface area contributed by atoms with Gasteiger partial charge in [-0.25, -0.2) is 0 Å². The van der Waals surface area contributed by atoms with Crippen LogP contribution in [0.3, 0.4) is 0 Å². The summed E-state index contributed by atoms with van der Waals surface area (Å²) in [4.78, 5) is 18.5. The molecule has 1 saturated heterocycles. The van der Waals surface area contributed by atoms with Gasteiger partial charge < -0.3 is 19.7 Å². The maximum Gasteiger partial charge on any atom is 0.272 e. The molecule has 1 aromatic heterocycles. The van der Waals surface area contributed by atoms with E-state index in [9.17, 15) is 4.79 Å². The van der Waals surface area contributed by atoms with Crippen LogP contribution in [-0.2, 0) is 0 Å². The molecule has 0 saturated carbocycles. The zero-order valence-corrected chi connectivity index (χ0v) is 13.9. The first kappa shape index (κ1) is 16.1. The minimum absolute atomic E-state index is 0.0159. The van der Waals surface area contributed by atoms with Crippen LogP contribution in [0.2, 0.25) is 0 Å². The van der Waals surface area contributed by atoms with E-state index in [0.29, 0.717) is 11.4 Å². The standard InChI is InChI=1S/C18H21N3O3/c1-23-14-5-6-15(17(12-14)24-2)20-13-7-8-19-16(11-13)18(22)21-9-3-4-10-21/h5-8,11-12H,3-4,9-10H2,1-2H3,(H,19,20). The summed E-state index contributed by atoms with van der Waals surface area (Å²) in [5.74, 6) is 1.37. The highest BCUT2D eigenvalue weighted by Gasteiger charge is 2.20. The Bertz CT molecular complexity index is 727. The van der Waals surface area contributed by atoms with Crippen molar-refractivity contribution in [3.8, 4) is 11.5 Å². The van der Waals surface area contributed by atoms with Crippen molar-refractivity contribution in [2.24, 2.45) is 0 Å². The molecule has 2 aromatic rings. The Morgan fingerprint density at radius 3 is 2.62 bits per heavy atom. The average Bonchev–Trinajstić information content (AvgIpc) is 3.16. The number of nitrogens with zero attached hydrogens (tertiary/aromatic N) is 2. The summed E-state index contributed by atoms with van der Waals surface area (Å²) in [5.41, 5.74) is 2.04. The third-order valence-electron chi connectivity index (χ3n) is 4.06. The van der Waals surface area contributed by atoms with Crippen molar-refractivity contribution in [3.63, 3.8) is 0 Å². The van der Waals surface area contributed by atoms with Gasteiger partial charge in [-0.05, 0) is 37.1 Å². The van der Waals surface area contributed by atoms with Crippen molar-refractivity contribution in [1.29, 1.82) is 0 Å². The van der Waals surface area contributed by atoms with E-state index < -0.39 is 0 Å². The van der Waals surface area contributed by atoms with E-state index in [2.05, 4.69) is 10.3 Å². The molecule has 1 fully saturated rings. The van der Waals surface area contributed by atoms with Crippen LogP contribution in [0.5, 0.6) is 11.5 Å². The number of pyridine rings is 1. The number of methoxy groups -OCH3 is 2. The molecule has 1 aromatic carbocycles. The van der Waals surface area contributed by atoms with Gasteiger partial charge in [0.1, 0.15) is 17.2 Å². The van der Waals surface area contributed by atoms with E-state index >= 15 is 0 Å². The highest BCUT2D eigenvalue weighted by molar-refractivity contribution is 5.93. The number of hydrogen-bond acceptors (Lipinski definition) is 5. The Morgan fingerprint density at radius 2 is 1.92 bits per heavy atom. The van der Waals surface area contributed by atoms with Gasteiger partial charge in [-0.3, -0.25) is 9.78 Å². The Kier molecular flexibility index (Phi) is 4.84. The van der Waals surface area contributed by atoms with E-state index in [-0.39, 0.29) is 5.91 Å². The van der Waals surface area contributed by atoms with Crippen molar-refractivity contribution in [3.05, 3.63) is 42.2 Å². The second kappa shape index (κ2) is 7.21. The fraction of sp³-hybridized carbons (Fsp3) is 0.333. The number of hydrogen-bond donors (Lipinski definition) is 1. The number of amides is 1. The summed E-state index contributed by atoms with van der Waals surface area (Å²) in [7, 11) is 3.22. The predicted molar refractivity (Wildman–Crippen MR) is 92.2 cm³/mol. The molecule has 0 aliphatic carbocycles. The normalized spacial score (nSPS) is 13.7. The SMILES string of the molecule is COc1ccc(Nc2ccnc(C(=O)N3CCCC3)c2)c(OC)c1. The Hall–Kier alpha value is -2.76. The van der Waals surface area contributed by atoms with Crippen LogP contribution in [0.4, 0.5) is 11.4 Å². The average molecular weight is 327 g/mol. The summed E-state index contributed by atoms with van der Waals surface area (Å²) >= 11 is 0. The van der Waals surface area contributed by atoms with Gasteiger partial charge in [0, 0.05) is 31.0 Å². The highest BCUT2D eigenvalue weighted by Crippen LogP contribution is 2.31. The second-order valence-corrected chi connectivity index (χ2v) is 5.62. The summed E-state index contributed by atoms with van der Waals surface area (Å²) in [5, 5.41) is 3.27. The van der Waals surface area contributed by atoms with Crippen molar-refractivity contribution in [1.82, 2.24) is 9.88 Å². The highest BCUT2D eigenvalue weighted by atomic mass is 16.5. The van der Waals surface area contributed by atoms with E-state index in [4.69, 9.17) is 9.47 Å². The predicted octanol–water partition coefficient (Wildman–Crippen LogP) is 3.08. The van der Waals surface area contributed by atoms with E-state index in [1.54, 1.807) is 32.5 Å². The van der Waals surface area contributed by atoms with Gasteiger partial charge in [-0.15, -0.1) is 0 Å². The minimum Gasteiger partial charge on any atom is -0.497 e. The van der Waals surface area contributed by atoms with Crippen LogP contribution in [0.15, 0.2) is 36.5 Å². The monoisotopic (exact) mass is 327 g/mol. The van der Waals surface area contributed by atoms with Crippen LogP contribution in [0, 0.1) is 0 Å². The van der Waals surface area contributed by atoms with E-state index in [1.165, 1.54) is 0 Å². The third kappa shape index (κ3) is 3.42. The molecule has 6 heteroatoms. The zero-order chi connectivity index (χ0) is 16.9. The van der Waals surface area contributed by atoms with Gasteiger partial charge in [0.05, 0.1) is 19.9 Å². The number of carbonyl (C=O) groups excluding carboxylic acids is 1. The van der Waals surface area contributed by atoms with Gasteiger partial charge in [-0.1, -0.05) is 0 Å². The van der Waals surface area contributed by atoms with Crippen molar-refractivity contribution in [2.75, 3.05) is 32.6 Å². The minimum atomic E-state index is -0.0159. The Morgan fingerprint density at radius 1 is 1.12 bits per heavy atom. The van der Waals surface area contributed by atoms with E-state index in [0.717, 1.165) is 43.1 Å².